The molecule has 0 spiro atoms. The molecule has 1 aliphatic carbocycles. The summed E-state index contributed by atoms with van der Waals surface area (Å²) >= 11 is 0. The van der Waals surface area contributed by atoms with Gasteiger partial charge in [0.1, 0.15) is 0 Å². The zero-order chi connectivity index (χ0) is 9.42. The summed E-state index contributed by atoms with van der Waals surface area (Å²) in [7, 11) is 0. The van der Waals surface area contributed by atoms with Crippen LogP contribution < -0.4 is 5.73 Å². The maximum atomic E-state index is 5.51. The van der Waals surface area contributed by atoms with Crippen LogP contribution in [-0.4, -0.2) is 15.2 Å². The molecule has 0 aromatic carbocycles. The van der Waals surface area contributed by atoms with Crippen LogP contribution >= 0.6 is 0 Å². The van der Waals surface area contributed by atoms with E-state index < -0.39 is 0 Å². The van der Waals surface area contributed by atoms with Crippen molar-refractivity contribution in [2.24, 2.45) is 0 Å². The van der Waals surface area contributed by atoms with Crippen LogP contribution in [0.25, 0.3) is 0 Å². The Morgan fingerprint density at radius 1 is 1.31 bits per heavy atom. The van der Waals surface area contributed by atoms with Gasteiger partial charge in [0.25, 0.3) is 0 Å². The van der Waals surface area contributed by atoms with Gasteiger partial charge in [0.2, 0.25) is 5.95 Å². The molecule has 1 heterocycles. The first-order valence-electron chi connectivity index (χ1n) is 4.68. The summed E-state index contributed by atoms with van der Waals surface area (Å²) in [5.41, 5.74) is 7.59. The van der Waals surface area contributed by atoms with Crippen molar-refractivity contribution in [3.63, 3.8) is 0 Å². The lowest BCUT2D eigenvalue weighted by atomic mass is 10.1. The van der Waals surface area contributed by atoms with Crippen molar-refractivity contribution in [1.82, 2.24) is 15.2 Å². The number of aromatic nitrogens is 3. The minimum absolute atomic E-state index is 0.298. The van der Waals surface area contributed by atoms with Gasteiger partial charge in [-0.15, -0.1) is 10.2 Å². The van der Waals surface area contributed by atoms with Gasteiger partial charge in [-0.25, -0.2) is 4.98 Å². The van der Waals surface area contributed by atoms with E-state index in [9.17, 15) is 0 Å². The van der Waals surface area contributed by atoms with E-state index in [1.165, 1.54) is 12.8 Å². The Hall–Kier alpha value is -1.19. The van der Waals surface area contributed by atoms with E-state index >= 15 is 0 Å². The van der Waals surface area contributed by atoms with Gasteiger partial charge in [0, 0.05) is 5.92 Å². The van der Waals surface area contributed by atoms with Gasteiger partial charge in [-0.05, 0) is 18.8 Å². The van der Waals surface area contributed by atoms with Gasteiger partial charge in [-0.3, -0.25) is 0 Å². The molecule has 2 N–H and O–H groups in total. The zero-order valence-electron chi connectivity index (χ0n) is 7.99. The first-order valence-corrected chi connectivity index (χ1v) is 4.68. The number of hydrogen-bond donors (Lipinski definition) is 1. The van der Waals surface area contributed by atoms with Crippen molar-refractivity contribution in [3.05, 3.63) is 11.4 Å². The van der Waals surface area contributed by atoms with Crippen molar-refractivity contribution < 1.29 is 0 Å². The molecule has 0 atom stereocenters. The quantitative estimate of drug-likeness (QED) is 0.744. The van der Waals surface area contributed by atoms with Crippen LogP contribution in [0.15, 0.2) is 0 Å². The summed E-state index contributed by atoms with van der Waals surface area (Å²) < 4.78 is 0. The van der Waals surface area contributed by atoms with Crippen molar-refractivity contribution in [1.29, 1.82) is 0 Å². The van der Waals surface area contributed by atoms with Crippen molar-refractivity contribution in [2.45, 2.75) is 38.5 Å². The number of anilines is 1. The predicted octanol–water partition coefficient (Wildman–Crippen LogP) is 1.45. The smallest absolute Gasteiger partial charge is 0.240 e. The lowest BCUT2D eigenvalue weighted by Gasteiger charge is -2.08. The minimum Gasteiger partial charge on any atom is -0.366 e. The normalized spacial score (nSPS) is 16.5. The molecule has 0 unspecified atom stereocenters. The molecule has 0 bridgehead atoms. The second kappa shape index (κ2) is 2.94. The number of nitrogens with zero attached hydrogens (tertiary/aromatic N) is 3. The standard InChI is InChI=1S/C9H14N4/c1-5(2)7-8(6-3-4-6)11-9(10)13-12-7/h5-6H,3-4H2,1-2H3,(H2,10,11,13). The molecule has 4 heteroatoms. The van der Waals surface area contributed by atoms with E-state index in [1.807, 2.05) is 0 Å². The highest BCUT2D eigenvalue weighted by atomic mass is 15.2. The molecule has 1 saturated carbocycles. The van der Waals surface area contributed by atoms with Crippen LogP contribution in [0.2, 0.25) is 0 Å². The molecule has 70 valence electrons. The molecule has 1 aromatic rings. The van der Waals surface area contributed by atoms with Crippen LogP contribution in [0.1, 0.15) is 49.9 Å². The summed E-state index contributed by atoms with van der Waals surface area (Å²) in [5, 5.41) is 7.89. The SMILES string of the molecule is CC(C)c1nnc(N)nc1C1CC1. The third-order valence-electron chi connectivity index (χ3n) is 2.27. The van der Waals surface area contributed by atoms with Crippen molar-refractivity contribution in [3.8, 4) is 0 Å². The van der Waals surface area contributed by atoms with Gasteiger partial charge in [0.15, 0.2) is 0 Å². The number of nitrogen functional groups attached to an aromatic ring is 1. The number of nitrogens with two attached hydrogens (primary N) is 1. The highest BCUT2D eigenvalue weighted by Crippen LogP contribution is 2.41. The van der Waals surface area contributed by atoms with E-state index in [2.05, 4.69) is 29.0 Å². The average molecular weight is 178 g/mol. The largest absolute Gasteiger partial charge is 0.366 e. The first-order chi connectivity index (χ1) is 6.18. The fourth-order valence-electron chi connectivity index (χ4n) is 1.43. The summed E-state index contributed by atoms with van der Waals surface area (Å²) in [6.45, 7) is 4.21. The Kier molecular flexibility index (Phi) is 1.90. The molecular formula is C9H14N4. The van der Waals surface area contributed by atoms with Crippen LogP contribution in [-0.2, 0) is 0 Å². The minimum atomic E-state index is 0.298. The summed E-state index contributed by atoms with van der Waals surface area (Å²) in [6, 6.07) is 0. The summed E-state index contributed by atoms with van der Waals surface area (Å²) in [4.78, 5) is 4.26. The Bertz CT molecular complexity index is 317. The van der Waals surface area contributed by atoms with E-state index in [4.69, 9.17) is 5.73 Å². The van der Waals surface area contributed by atoms with E-state index in [1.54, 1.807) is 0 Å². The van der Waals surface area contributed by atoms with Gasteiger partial charge < -0.3 is 5.73 Å². The van der Waals surface area contributed by atoms with E-state index in [0.717, 1.165) is 11.4 Å². The maximum absolute atomic E-state index is 5.51. The Morgan fingerprint density at radius 3 is 2.54 bits per heavy atom. The molecule has 0 amide bonds. The van der Waals surface area contributed by atoms with Gasteiger partial charge >= 0.3 is 0 Å². The second-order valence-corrected chi connectivity index (χ2v) is 3.87. The molecule has 2 rings (SSSR count). The molecular weight excluding hydrogens is 164 g/mol. The molecule has 4 nitrogen and oxygen atoms in total. The van der Waals surface area contributed by atoms with Crippen LogP contribution in [0.4, 0.5) is 5.95 Å². The Labute approximate surface area is 77.6 Å². The molecule has 1 aromatic heterocycles. The lowest BCUT2D eigenvalue weighted by molar-refractivity contribution is 0.737. The predicted molar refractivity (Wildman–Crippen MR) is 50.3 cm³/mol. The average Bonchev–Trinajstić information content (AvgIpc) is 2.85. The lowest BCUT2D eigenvalue weighted by Crippen LogP contribution is -2.07. The van der Waals surface area contributed by atoms with Crippen LogP contribution in [0.3, 0.4) is 0 Å². The van der Waals surface area contributed by atoms with Gasteiger partial charge in [-0.2, -0.15) is 0 Å². The molecule has 1 fully saturated rings. The number of hydrogen-bond acceptors (Lipinski definition) is 4. The fraction of sp³-hybridized carbons (Fsp3) is 0.667. The highest BCUT2D eigenvalue weighted by molar-refractivity contribution is 5.27. The third kappa shape index (κ3) is 1.61. The summed E-state index contributed by atoms with van der Waals surface area (Å²) in [5.74, 6) is 1.28. The molecule has 0 radical (unpaired) electrons. The zero-order valence-corrected chi connectivity index (χ0v) is 7.99. The number of rotatable bonds is 2. The topological polar surface area (TPSA) is 64.7 Å². The highest BCUT2D eigenvalue weighted by Gasteiger charge is 2.29. The van der Waals surface area contributed by atoms with Crippen LogP contribution in [0.5, 0.6) is 0 Å². The third-order valence-corrected chi connectivity index (χ3v) is 2.27. The molecule has 1 aliphatic rings. The second-order valence-electron chi connectivity index (χ2n) is 3.87. The summed E-state index contributed by atoms with van der Waals surface area (Å²) in [6.07, 6.45) is 2.44. The van der Waals surface area contributed by atoms with Crippen molar-refractivity contribution in [2.75, 3.05) is 5.73 Å². The van der Waals surface area contributed by atoms with E-state index in [-0.39, 0.29) is 0 Å². The van der Waals surface area contributed by atoms with Gasteiger partial charge in [-0.1, -0.05) is 13.8 Å². The molecule has 0 aliphatic heterocycles. The Morgan fingerprint density at radius 2 is 2.00 bits per heavy atom. The van der Waals surface area contributed by atoms with Crippen molar-refractivity contribution >= 4 is 5.95 Å². The fourth-order valence-corrected chi connectivity index (χ4v) is 1.43. The monoisotopic (exact) mass is 178 g/mol. The Balaban J connectivity index is 2.42. The maximum Gasteiger partial charge on any atom is 0.240 e. The van der Waals surface area contributed by atoms with E-state index in [0.29, 0.717) is 17.8 Å². The molecule has 0 saturated heterocycles. The first kappa shape index (κ1) is 8.41. The molecule has 13 heavy (non-hydrogen) atoms. The van der Waals surface area contributed by atoms with Crippen LogP contribution in [0, 0.1) is 0 Å². The van der Waals surface area contributed by atoms with Gasteiger partial charge in [0.05, 0.1) is 11.4 Å².